The summed E-state index contributed by atoms with van der Waals surface area (Å²) in [5, 5.41) is 9.19. The number of sulfonamides is 1. The maximum Gasteiger partial charge on any atom is 0.337 e. The quantitative estimate of drug-likeness (QED) is 0.909. The molecule has 0 bridgehead atoms. The Kier molecular flexibility index (Phi) is 3.96. The van der Waals surface area contributed by atoms with Crippen LogP contribution in [0.3, 0.4) is 0 Å². The van der Waals surface area contributed by atoms with E-state index in [1.807, 2.05) is 0 Å². The predicted molar refractivity (Wildman–Crippen MR) is 75.7 cm³/mol. The molecule has 0 fully saturated rings. The van der Waals surface area contributed by atoms with Crippen molar-refractivity contribution in [1.29, 1.82) is 0 Å². The van der Waals surface area contributed by atoms with Crippen LogP contribution in [0.1, 0.15) is 10.4 Å². The van der Waals surface area contributed by atoms with Gasteiger partial charge in [-0.15, -0.1) is 0 Å². The first-order valence-corrected chi connectivity index (χ1v) is 7.37. The van der Waals surface area contributed by atoms with E-state index in [1.165, 1.54) is 6.07 Å². The maximum absolute atomic E-state index is 12.2. The molecule has 0 radical (unpaired) electrons. The Bertz CT molecular complexity index is 744. The lowest BCUT2D eigenvalue weighted by Gasteiger charge is -2.10. The molecule has 0 amide bonds. The number of hydrogen-bond acceptors (Lipinski definition) is 3. The molecule has 2 aromatic carbocycles. The summed E-state index contributed by atoms with van der Waals surface area (Å²) in [6.07, 6.45) is 0. The number of carboxylic acid groups (broad SMARTS) is 1. The Hall–Kier alpha value is -2.05. The van der Waals surface area contributed by atoms with Crippen molar-refractivity contribution in [2.24, 2.45) is 0 Å². The Morgan fingerprint density at radius 2 is 1.75 bits per heavy atom. The van der Waals surface area contributed by atoms with E-state index >= 15 is 0 Å². The molecule has 0 aliphatic carbocycles. The van der Waals surface area contributed by atoms with Crippen molar-refractivity contribution in [1.82, 2.24) is 0 Å². The average molecular weight is 312 g/mol. The summed E-state index contributed by atoms with van der Waals surface area (Å²) in [7, 11) is -4.03. The third-order valence-corrected chi connectivity index (χ3v) is 4.15. The van der Waals surface area contributed by atoms with Gasteiger partial charge in [0, 0.05) is 10.7 Å². The molecule has 2 N–H and O–H groups in total. The number of rotatable bonds is 4. The second-order valence-corrected chi connectivity index (χ2v) is 6.00. The van der Waals surface area contributed by atoms with E-state index in [4.69, 9.17) is 16.7 Å². The van der Waals surface area contributed by atoms with Gasteiger partial charge in [-0.2, -0.15) is 0 Å². The van der Waals surface area contributed by atoms with Crippen molar-refractivity contribution in [2.75, 3.05) is 4.72 Å². The van der Waals surface area contributed by atoms with Gasteiger partial charge >= 0.3 is 5.97 Å². The van der Waals surface area contributed by atoms with Gasteiger partial charge in [-0.05, 0) is 30.3 Å². The summed E-state index contributed by atoms with van der Waals surface area (Å²) in [5.41, 5.74) is 0.00152. The Morgan fingerprint density at radius 3 is 2.35 bits per heavy atom. The monoisotopic (exact) mass is 311 g/mol. The van der Waals surface area contributed by atoms with Gasteiger partial charge in [-0.1, -0.05) is 29.8 Å². The fourth-order valence-corrected chi connectivity index (χ4v) is 3.13. The van der Waals surface area contributed by atoms with E-state index in [1.54, 1.807) is 30.3 Å². The van der Waals surface area contributed by atoms with Crippen LogP contribution in [0, 0.1) is 0 Å². The minimum Gasteiger partial charge on any atom is -0.478 e. The second kappa shape index (κ2) is 5.52. The lowest BCUT2D eigenvalue weighted by atomic mass is 10.2. The lowest BCUT2D eigenvalue weighted by Crippen LogP contribution is -2.16. The van der Waals surface area contributed by atoms with E-state index < -0.39 is 16.0 Å². The summed E-state index contributed by atoms with van der Waals surface area (Å²) >= 11 is 5.75. The maximum atomic E-state index is 12.2. The molecule has 0 saturated carbocycles. The van der Waals surface area contributed by atoms with Crippen LogP contribution >= 0.6 is 11.6 Å². The molecule has 104 valence electrons. The summed E-state index contributed by atoms with van der Waals surface area (Å²) in [6.45, 7) is 0. The number of carboxylic acids is 1. The molecule has 20 heavy (non-hydrogen) atoms. The molecule has 2 aromatic rings. The third kappa shape index (κ3) is 3.09. The molecule has 7 heteroatoms. The second-order valence-electron chi connectivity index (χ2n) is 3.92. The molecule has 0 aliphatic rings. The highest BCUT2D eigenvalue weighted by molar-refractivity contribution is 7.92. The van der Waals surface area contributed by atoms with Crippen LogP contribution in [0.2, 0.25) is 5.02 Å². The van der Waals surface area contributed by atoms with Gasteiger partial charge in [0.15, 0.2) is 0 Å². The number of benzene rings is 2. The van der Waals surface area contributed by atoms with Crippen molar-refractivity contribution >= 4 is 33.3 Å². The fraction of sp³-hybridized carbons (Fsp3) is 0. The summed E-state index contributed by atoms with van der Waals surface area (Å²) in [4.78, 5) is 10.7. The number of hydrogen-bond donors (Lipinski definition) is 2. The van der Waals surface area contributed by atoms with Gasteiger partial charge in [0.05, 0.1) is 5.56 Å². The van der Waals surface area contributed by atoms with Crippen LogP contribution in [0.4, 0.5) is 5.69 Å². The zero-order valence-electron chi connectivity index (χ0n) is 10.1. The molecular formula is C13H10ClNO4S. The molecule has 0 spiro atoms. The van der Waals surface area contributed by atoms with E-state index in [2.05, 4.69) is 4.72 Å². The minimum atomic E-state index is -4.03. The Balaban J connectivity index is 2.49. The van der Waals surface area contributed by atoms with Crippen LogP contribution in [-0.2, 0) is 10.0 Å². The molecule has 5 nitrogen and oxygen atoms in total. The summed E-state index contributed by atoms with van der Waals surface area (Å²) < 4.78 is 26.8. The van der Waals surface area contributed by atoms with Gasteiger partial charge in [0.25, 0.3) is 10.0 Å². The van der Waals surface area contributed by atoms with E-state index in [-0.39, 0.29) is 15.5 Å². The highest BCUT2D eigenvalue weighted by Gasteiger charge is 2.22. The zero-order chi connectivity index (χ0) is 14.8. The largest absolute Gasteiger partial charge is 0.478 e. The van der Waals surface area contributed by atoms with Crippen molar-refractivity contribution in [2.45, 2.75) is 4.90 Å². The fourth-order valence-electron chi connectivity index (χ4n) is 1.61. The van der Waals surface area contributed by atoms with E-state index in [0.29, 0.717) is 5.69 Å². The zero-order valence-corrected chi connectivity index (χ0v) is 11.6. The number of aromatic carboxylic acids is 1. The molecule has 0 heterocycles. The molecule has 0 unspecified atom stereocenters. The van der Waals surface area contributed by atoms with Gasteiger partial charge < -0.3 is 5.11 Å². The van der Waals surface area contributed by atoms with Crippen LogP contribution in [0.5, 0.6) is 0 Å². The van der Waals surface area contributed by atoms with Crippen LogP contribution in [-0.4, -0.2) is 19.5 Å². The normalized spacial score (nSPS) is 11.1. The van der Waals surface area contributed by atoms with E-state index in [0.717, 1.165) is 12.1 Å². The Morgan fingerprint density at radius 1 is 1.10 bits per heavy atom. The standard InChI is InChI=1S/C13H10ClNO4S/c14-9-6-7-11(13(16)17)12(8-9)20(18,19)15-10-4-2-1-3-5-10/h1-8,15H,(H,16,17). The molecular weight excluding hydrogens is 302 g/mol. The predicted octanol–water partition coefficient (Wildman–Crippen LogP) is 2.84. The summed E-state index contributed by atoms with van der Waals surface area (Å²) in [5.74, 6) is -1.34. The topological polar surface area (TPSA) is 83.5 Å². The Labute approximate surface area is 120 Å². The highest BCUT2D eigenvalue weighted by Crippen LogP contribution is 2.23. The number of carbonyl (C=O) groups is 1. The number of para-hydroxylation sites is 1. The SMILES string of the molecule is O=C(O)c1ccc(Cl)cc1S(=O)(=O)Nc1ccccc1. The molecule has 0 aromatic heterocycles. The highest BCUT2D eigenvalue weighted by atomic mass is 35.5. The minimum absolute atomic E-state index is 0.142. The molecule has 0 atom stereocenters. The van der Waals surface area contributed by atoms with Crippen molar-refractivity contribution in [3.63, 3.8) is 0 Å². The van der Waals surface area contributed by atoms with Gasteiger partial charge in [-0.25, -0.2) is 13.2 Å². The average Bonchev–Trinajstić information content (AvgIpc) is 2.39. The van der Waals surface area contributed by atoms with Gasteiger partial charge in [0.2, 0.25) is 0 Å². The van der Waals surface area contributed by atoms with Crippen LogP contribution in [0.15, 0.2) is 53.4 Å². The van der Waals surface area contributed by atoms with Crippen molar-refractivity contribution in [3.05, 3.63) is 59.1 Å². The van der Waals surface area contributed by atoms with E-state index in [9.17, 15) is 13.2 Å². The summed E-state index contributed by atoms with van der Waals surface area (Å²) in [6, 6.07) is 11.8. The smallest absolute Gasteiger partial charge is 0.337 e. The first-order valence-electron chi connectivity index (χ1n) is 5.51. The molecule has 0 saturated heterocycles. The van der Waals surface area contributed by atoms with Gasteiger partial charge in [0.1, 0.15) is 4.90 Å². The van der Waals surface area contributed by atoms with Crippen molar-refractivity contribution < 1.29 is 18.3 Å². The molecule has 0 aliphatic heterocycles. The lowest BCUT2D eigenvalue weighted by molar-refractivity contribution is 0.0692. The first kappa shape index (κ1) is 14.4. The number of anilines is 1. The number of nitrogens with one attached hydrogen (secondary N) is 1. The van der Waals surface area contributed by atoms with Crippen molar-refractivity contribution in [3.8, 4) is 0 Å². The third-order valence-electron chi connectivity index (χ3n) is 2.49. The first-order chi connectivity index (χ1) is 9.40. The number of halogens is 1. The van der Waals surface area contributed by atoms with Crippen LogP contribution < -0.4 is 4.72 Å². The van der Waals surface area contributed by atoms with Gasteiger partial charge in [-0.3, -0.25) is 4.72 Å². The molecule has 2 rings (SSSR count). The van der Waals surface area contributed by atoms with Crippen LogP contribution in [0.25, 0.3) is 0 Å².